The van der Waals surface area contributed by atoms with E-state index >= 15 is 0 Å². The molecule has 1 N–H and O–H groups in total. The lowest BCUT2D eigenvalue weighted by Gasteiger charge is -2.13. The lowest BCUT2D eigenvalue weighted by Crippen LogP contribution is -2.28. The molecule has 5 rings (SSSR count). The van der Waals surface area contributed by atoms with Crippen LogP contribution in [0.1, 0.15) is 11.1 Å². The van der Waals surface area contributed by atoms with Gasteiger partial charge in [0, 0.05) is 18.8 Å². The molecule has 0 fully saturated rings. The van der Waals surface area contributed by atoms with E-state index in [2.05, 4.69) is 24.9 Å². The lowest BCUT2D eigenvalue weighted by atomic mass is 10.1. The van der Waals surface area contributed by atoms with Gasteiger partial charge in [-0.3, -0.25) is 23.3 Å². The average molecular weight is 385 g/mol. The van der Waals surface area contributed by atoms with E-state index in [4.69, 9.17) is 4.98 Å². The molecule has 3 aromatic heterocycles. The predicted octanol–water partition coefficient (Wildman–Crippen LogP) is 2.95. The van der Waals surface area contributed by atoms with Crippen LogP contribution >= 0.6 is 0 Å². The molecule has 29 heavy (non-hydrogen) atoms. The maximum atomic E-state index is 12.6. The summed E-state index contributed by atoms with van der Waals surface area (Å²) in [6.45, 7) is 4.14. The first-order valence-electron chi connectivity index (χ1n) is 9.32. The van der Waals surface area contributed by atoms with E-state index in [1.807, 2.05) is 53.2 Å². The van der Waals surface area contributed by atoms with E-state index in [-0.39, 0.29) is 0 Å². The van der Waals surface area contributed by atoms with E-state index in [1.54, 1.807) is 11.4 Å². The topological polar surface area (TPSA) is 77.1 Å². The summed E-state index contributed by atoms with van der Waals surface area (Å²) in [5.41, 5.74) is 4.96. The predicted molar refractivity (Wildman–Crippen MR) is 113 cm³/mol. The Hall–Kier alpha value is -3.87. The van der Waals surface area contributed by atoms with Crippen LogP contribution in [0.15, 0.2) is 64.3 Å². The van der Waals surface area contributed by atoms with Crippen molar-refractivity contribution in [2.24, 2.45) is 7.05 Å². The summed E-state index contributed by atoms with van der Waals surface area (Å²) >= 11 is 0. The monoisotopic (exact) mass is 385 g/mol. The van der Waals surface area contributed by atoms with Gasteiger partial charge in [-0.15, -0.1) is 0 Å². The van der Waals surface area contributed by atoms with Crippen molar-refractivity contribution < 1.29 is 0 Å². The Morgan fingerprint density at radius 2 is 1.72 bits per heavy atom. The zero-order valence-electron chi connectivity index (χ0n) is 16.3. The molecular weight excluding hydrogens is 366 g/mol. The largest absolute Gasteiger partial charge is 0.329 e. The Morgan fingerprint density at radius 1 is 0.966 bits per heavy atom. The highest BCUT2D eigenvalue weighted by molar-refractivity contribution is 5.79. The molecule has 0 atom stereocenters. The number of nitrogens with zero attached hydrogens (tertiary/aromatic N) is 4. The third-order valence-corrected chi connectivity index (χ3v) is 5.51. The van der Waals surface area contributed by atoms with Gasteiger partial charge in [-0.1, -0.05) is 42.5 Å². The van der Waals surface area contributed by atoms with Gasteiger partial charge in [0.05, 0.1) is 11.4 Å². The normalized spacial score (nSPS) is 11.6. The van der Waals surface area contributed by atoms with E-state index < -0.39 is 11.2 Å². The molecule has 3 heterocycles. The summed E-state index contributed by atoms with van der Waals surface area (Å²) in [5.74, 6) is 0.583. The van der Waals surface area contributed by atoms with Crippen LogP contribution in [0.3, 0.4) is 0 Å². The number of benzene rings is 2. The van der Waals surface area contributed by atoms with Crippen LogP contribution in [-0.4, -0.2) is 23.5 Å². The minimum Gasteiger partial charge on any atom is -0.279 e. The minimum atomic E-state index is -0.482. The van der Waals surface area contributed by atoms with Crippen molar-refractivity contribution in [1.82, 2.24) is 23.5 Å². The maximum Gasteiger partial charge on any atom is 0.329 e. The van der Waals surface area contributed by atoms with Gasteiger partial charge in [0.2, 0.25) is 5.78 Å². The van der Waals surface area contributed by atoms with Crippen LogP contribution in [0.2, 0.25) is 0 Å². The second-order valence-electron chi connectivity index (χ2n) is 7.21. The molecule has 0 spiro atoms. The fourth-order valence-electron chi connectivity index (χ4n) is 3.79. The Kier molecular flexibility index (Phi) is 3.61. The number of imidazole rings is 2. The highest BCUT2D eigenvalue weighted by Gasteiger charge is 2.21. The van der Waals surface area contributed by atoms with Gasteiger partial charge < -0.3 is 0 Å². The van der Waals surface area contributed by atoms with Crippen LogP contribution in [0.5, 0.6) is 0 Å². The van der Waals surface area contributed by atoms with E-state index in [0.717, 1.165) is 28.1 Å². The summed E-state index contributed by atoms with van der Waals surface area (Å²) in [7, 11) is 1.60. The second kappa shape index (κ2) is 6.07. The van der Waals surface area contributed by atoms with E-state index in [0.29, 0.717) is 16.9 Å². The zero-order valence-corrected chi connectivity index (χ0v) is 16.3. The standard InChI is InChI=1S/C22H19N5O2/c1-13-8-7-11-16(14(13)2)27-17(15-9-5-4-6-10-15)12-26-18-19(23-21(26)27)25(3)22(29)24-20(18)28/h4-12H,1-3H3,(H,24,28,29). The van der Waals surface area contributed by atoms with Gasteiger partial charge in [-0.2, -0.15) is 4.98 Å². The number of rotatable bonds is 2. The molecule has 0 amide bonds. The van der Waals surface area contributed by atoms with Crippen molar-refractivity contribution in [2.75, 3.05) is 0 Å². The quantitative estimate of drug-likeness (QED) is 0.508. The van der Waals surface area contributed by atoms with Gasteiger partial charge in [0.1, 0.15) is 0 Å². The van der Waals surface area contributed by atoms with Gasteiger partial charge >= 0.3 is 5.69 Å². The van der Waals surface area contributed by atoms with E-state index in [9.17, 15) is 9.59 Å². The van der Waals surface area contributed by atoms with Crippen molar-refractivity contribution in [3.8, 4) is 16.9 Å². The smallest absolute Gasteiger partial charge is 0.279 e. The Labute approximate surface area is 165 Å². The van der Waals surface area contributed by atoms with Gasteiger partial charge in [0.25, 0.3) is 5.56 Å². The number of nitrogens with one attached hydrogen (secondary N) is 1. The van der Waals surface area contributed by atoms with Crippen molar-refractivity contribution >= 4 is 16.9 Å². The van der Waals surface area contributed by atoms with Gasteiger partial charge in [-0.05, 0) is 31.0 Å². The third-order valence-electron chi connectivity index (χ3n) is 5.51. The van der Waals surface area contributed by atoms with Crippen LogP contribution < -0.4 is 11.2 Å². The first-order valence-corrected chi connectivity index (χ1v) is 9.32. The molecule has 0 saturated heterocycles. The van der Waals surface area contributed by atoms with Crippen LogP contribution in [0, 0.1) is 13.8 Å². The fraction of sp³-hybridized carbons (Fsp3) is 0.136. The Balaban J connectivity index is 2.00. The minimum absolute atomic E-state index is 0.350. The maximum absolute atomic E-state index is 12.6. The number of aromatic amines is 1. The average Bonchev–Trinajstić information content (AvgIpc) is 3.26. The number of hydrogen-bond acceptors (Lipinski definition) is 3. The summed E-state index contributed by atoms with van der Waals surface area (Å²) in [5, 5.41) is 0. The van der Waals surface area contributed by atoms with Crippen molar-refractivity contribution in [3.63, 3.8) is 0 Å². The third kappa shape index (κ3) is 2.40. The molecule has 0 aliphatic heterocycles. The molecule has 0 unspecified atom stereocenters. The van der Waals surface area contributed by atoms with Crippen molar-refractivity contribution in [2.45, 2.75) is 13.8 Å². The van der Waals surface area contributed by atoms with E-state index in [1.165, 1.54) is 4.57 Å². The molecular formula is C22H19N5O2. The summed E-state index contributed by atoms with van der Waals surface area (Å²) < 4.78 is 5.17. The SMILES string of the molecule is Cc1cccc(-n2c(-c3ccccc3)cn3c4c(=O)[nH]c(=O)n(C)c4nc23)c1C. The Bertz CT molecular complexity index is 1520. The lowest BCUT2D eigenvalue weighted by molar-refractivity contribution is 0.831. The zero-order chi connectivity index (χ0) is 20.3. The Morgan fingerprint density at radius 3 is 2.48 bits per heavy atom. The molecule has 7 heteroatoms. The molecule has 5 aromatic rings. The molecule has 0 radical (unpaired) electrons. The molecule has 2 aromatic carbocycles. The molecule has 0 aliphatic rings. The summed E-state index contributed by atoms with van der Waals surface area (Å²) in [4.78, 5) is 31.7. The highest BCUT2D eigenvalue weighted by Crippen LogP contribution is 2.30. The number of H-pyrrole nitrogens is 1. The summed E-state index contributed by atoms with van der Waals surface area (Å²) in [6.07, 6.45) is 1.90. The fourth-order valence-corrected chi connectivity index (χ4v) is 3.79. The van der Waals surface area contributed by atoms with Crippen molar-refractivity contribution in [1.29, 1.82) is 0 Å². The number of aryl methyl sites for hydroxylation is 2. The van der Waals surface area contributed by atoms with Crippen LogP contribution in [0.25, 0.3) is 33.9 Å². The van der Waals surface area contributed by atoms with Crippen molar-refractivity contribution in [3.05, 3.63) is 86.7 Å². The molecule has 0 bridgehead atoms. The molecule has 0 aliphatic carbocycles. The first-order chi connectivity index (χ1) is 14.0. The molecule has 0 saturated carbocycles. The molecule has 7 nitrogen and oxygen atoms in total. The van der Waals surface area contributed by atoms with Gasteiger partial charge in [0.15, 0.2) is 11.2 Å². The van der Waals surface area contributed by atoms with Crippen LogP contribution in [0.4, 0.5) is 0 Å². The molecule has 144 valence electrons. The number of hydrogen-bond donors (Lipinski definition) is 1. The highest BCUT2D eigenvalue weighted by atomic mass is 16.2. The number of aromatic nitrogens is 5. The van der Waals surface area contributed by atoms with Gasteiger partial charge in [-0.25, -0.2) is 4.79 Å². The van der Waals surface area contributed by atoms with Crippen LogP contribution in [-0.2, 0) is 7.05 Å². The number of fused-ring (bicyclic) bond motifs is 3. The first kappa shape index (κ1) is 17.2. The second-order valence-corrected chi connectivity index (χ2v) is 7.21. The summed E-state index contributed by atoms with van der Waals surface area (Å²) in [6, 6.07) is 16.1.